The molecule has 2 nitrogen and oxygen atoms in total. The van der Waals surface area contributed by atoms with Crippen LogP contribution in [0.2, 0.25) is 0 Å². The van der Waals surface area contributed by atoms with E-state index in [4.69, 9.17) is 4.99 Å². The molecule has 0 radical (unpaired) electrons. The number of nitrogens with zero attached hydrogens (tertiary/aromatic N) is 1. The average Bonchev–Trinajstić information content (AvgIpc) is 3.08. The van der Waals surface area contributed by atoms with Gasteiger partial charge in [0.15, 0.2) is 5.17 Å². The van der Waals surface area contributed by atoms with E-state index in [-0.39, 0.29) is 0 Å². The normalized spacial score (nSPS) is 30.9. The lowest BCUT2D eigenvalue weighted by Gasteiger charge is -2.34. The van der Waals surface area contributed by atoms with E-state index in [0.717, 1.165) is 6.54 Å². The Kier molecular flexibility index (Phi) is 4.37. The summed E-state index contributed by atoms with van der Waals surface area (Å²) >= 11 is 4.02. The van der Waals surface area contributed by atoms with Gasteiger partial charge in [0, 0.05) is 16.0 Å². The molecule has 19 heavy (non-hydrogen) atoms. The molecular formula is C15H26N2S2. The minimum absolute atomic E-state index is 0.419. The summed E-state index contributed by atoms with van der Waals surface area (Å²) in [4.78, 5) is 4.96. The minimum Gasteiger partial charge on any atom is -0.359 e. The van der Waals surface area contributed by atoms with Gasteiger partial charge in [0.05, 0.1) is 6.54 Å². The molecule has 108 valence electrons. The highest BCUT2D eigenvalue weighted by Gasteiger charge is 2.40. The highest BCUT2D eigenvalue weighted by molar-refractivity contribution is 8.14. The van der Waals surface area contributed by atoms with Gasteiger partial charge in [0.1, 0.15) is 0 Å². The molecule has 1 heterocycles. The van der Waals surface area contributed by atoms with Crippen LogP contribution in [0.1, 0.15) is 57.8 Å². The SMILES string of the molecule is CSC1(CN=C2NC3(CCCC3)CS2)CCCCC1. The first-order chi connectivity index (χ1) is 9.26. The zero-order chi connectivity index (χ0) is 13.2. The van der Waals surface area contributed by atoms with Crippen LogP contribution in [-0.2, 0) is 0 Å². The molecule has 1 N–H and O–H groups in total. The Balaban J connectivity index is 1.60. The van der Waals surface area contributed by atoms with Crippen molar-refractivity contribution in [2.45, 2.75) is 68.1 Å². The van der Waals surface area contributed by atoms with Crippen LogP contribution in [0.3, 0.4) is 0 Å². The maximum Gasteiger partial charge on any atom is 0.157 e. The monoisotopic (exact) mass is 298 g/mol. The lowest BCUT2D eigenvalue weighted by molar-refractivity contribution is 0.404. The van der Waals surface area contributed by atoms with E-state index in [1.807, 2.05) is 11.8 Å². The van der Waals surface area contributed by atoms with Gasteiger partial charge in [-0.05, 0) is 31.9 Å². The van der Waals surface area contributed by atoms with Crippen LogP contribution >= 0.6 is 23.5 Å². The third kappa shape index (κ3) is 3.10. The Bertz CT molecular complexity index is 342. The third-order valence-corrected chi connectivity index (χ3v) is 7.73. The lowest BCUT2D eigenvalue weighted by Crippen LogP contribution is -2.41. The molecule has 1 saturated heterocycles. The zero-order valence-corrected chi connectivity index (χ0v) is 13.7. The van der Waals surface area contributed by atoms with Crippen LogP contribution in [0.15, 0.2) is 4.99 Å². The summed E-state index contributed by atoms with van der Waals surface area (Å²) < 4.78 is 0.443. The summed E-state index contributed by atoms with van der Waals surface area (Å²) in [6.45, 7) is 1.03. The smallest absolute Gasteiger partial charge is 0.157 e. The standard InChI is InChI=1S/C15H26N2S2/c1-18-15(9-3-2-4-10-15)11-16-13-17-14(12-19-13)7-5-6-8-14/h2-12H2,1H3,(H,16,17). The van der Waals surface area contributed by atoms with Crippen LogP contribution in [0.25, 0.3) is 0 Å². The van der Waals surface area contributed by atoms with Crippen molar-refractivity contribution < 1.29 is 0 Å². The number of rotatable bonds is 3. The van der Waals surface area contributed by atoms with Crippen LogP contribution in [0, 0.1) is 0 Å². The Labute approximate surface area is 126 Å². The van der Waals surface area contributed by atoms with E-state index in [9.17, 15) is 0 Å². The summed E-state index contributed by atoms with van der Waals surface area (Å²) in [6.07, 6.45) is 14.7. The first-order valence-corrected chi connectivity index (χ1v) is 9.98. The number of amidine groups is 1. The summed E-state index contributed by atoms with van der Waals surface area (Å²) in [5.74, 6) is 1.25. The Morgan fingerprint density at radius 2 is 1.79 bits per heavy atom. The molecule has 4 heteroatoms. The lowest BCUT2D eigenvalue weighted by atomic mass is 9.88. The van der Waals surface area contributed by atoms with Crippen LogP contribution in [-0.4, -0.2) is 34.0 Å². The Morgan fingerprint density at radius 1 is 1.11 bits per heavy atom. The predicted octanol–water partition coefficient (Wildman–Crippen LogP) is 4.06. The number of nitrogens with one attached hydrogen (secondary N) is 1. The second kappa shape index (κ2) is 5.88. The molecule has 0 amide bonds. The molecule has 0 bridgehead atoms. The molecule has 0 atom stereocenters. The molecule has 0 unspecified atom stereocenters. The Morgan fingerprint density at radius 3 is 2.47 bits per heavy atom. The molecule has 2 saturated carbocycles. The molecule has 0 aromatic heterocycles. The van der Waals surface area contributed by atoms with Gasteiger partial charge in [-0.25, -0.2) is 0 Å². The third-order valence-electron chi connectivity index (χ3n) is 5.13. The second-order valence-corrected chi connectivity index (χ2v) is 8.71. The van der Waals surface area contributed by atoms with E-state index in [0.29, 0.717) is 10.3 Å². The van der Waals surface area contributed by atoms with E-state index in [2.05, 4.69) is 23.3 Å². The molecule has 1 aliphatic heterocycles. The van der Waals surface area contributed by atoms with Crippen molar-refractivity contribution in [1.82, 2.24) is 5.32 Å². The molecule has 3 fully saturated rings. The van der Waals surface area contributed by atoms with Gasteiger partial charge in [0.25, 0.3) is 0 Å². The van der Waals surface area contributed by atoms with Gasteiger partial charge in [-0.15, -0.1) is 0 Å². The molecule has 3 aliphatic rings. The van der Waals surface area contributed by atoms with Crippen molar-refractivity contribution in [2.75, 3.05) is 18.6 Å². The summed E-state index contributed by atoms with van der Waals surface area (Å²) in [5.41, 5.74) is 0.419. The maximum absolute atomic E-state index is 4.96. The highest BCUT2D eigenvalue weighted by Crippen LogP contribution is 2.40. The zero-order valence-electron chi connectivity index (χ0n) is 12.0. The minimum atomic E-state index is 0.419. The Hall–Kier alpha value is 0.170. The van der Waals surface area contributed by atoms with E-state index in [1.54, 1.807) is 0 Å². The van der Waals surface area contributed by atoms with Crippen molar-refractivity contribution in [3.8, 4) is 0 Å². The van der Waals surface area contributed by atoms with Crippen LogP contribution < -0.4 is 5.32 Å². The van der Waals surface area contributed by atoms with Gasteiger partial charge in [-0.3, -0.25) is 4.99 Å². The van der Waals surface area contributed by atoms with E-state index < -0.39 is 0 Å². The van der Waals surface area contributed by atoms with Crippen molar-refractivity contribution >= 4 is 28.7 Å². The fraction of sp³-hybridized carbons (Fsp3) is 0.933. The molecule has 1 spiro atoms. The van der Waals surface area contributed by atoms with Gasteiger partial charge >= 0.3 is 0 Å². The topological polar surface area (TPSA) is 24.4 Å². The summed E-state index contributed by atoms with van der Waals surface area (Å²) in [6, 6.07) is 0. The summed E-state index contributed by atoms with van der Waals surface area (Å²) in [5, 5.41) is 4.99. The van der Waals surface area contributed by atoms with Crippen LogP contribution in [0.4, 0.5) is 0 Å². The van der Waals surface area contributed by atoms with Crippen LogP contribution in [0.5, 0.6) is 0 Å². The maximum atomic E-state index is 4.96. The first kappa shape index (κ1) is 14.1. The fourth-order valence-electron chi connectivity index (χ4n) is 3.75. The fourth-order valence-corrected chi connectivity index (χ4v) is 5.86. The van der Waals surface area contributed by atoms with Crippen molar-refractivity contribution in [1.29, 1.82) is 0 Å². The van der Waals surface area contributed by atoms with Gasteiger partial charge in [-0.2, -0.15) is 11.8 Å². The van der Waals surface area contributed by atoms with Gasteiger partial charge in [-0.1, -0.05) is 43.9 Å². The number of thioether (sulfide) groups is 2. The van der Waals surface area contributed by atoms with Crippen molar-refractivity contribution in [3.63, 3.8) is 0 Å². The summed E-state index contributed by atoms with van der Waals surface area (Å²) in [7, 11) is 0. The van der Waals surface area contributed by atoms with E-state index >= 15 is 0 Å². The molecule has 0 aromatic carbocycles. The molecular weight excluding hydrogens is 272 g/mol. The number of hydrogen-bond acceptors (Lipinski definition) is 3. The molecule has 3 rings (SSSR count). The first-order valence-electron chi connectivity index (χ1n) is 7.77. The number of hydrogen-bond donors (Lipinski definition) is 1. The van der Waals surface area contributed by atoms with Gasteiger partial charge < -0.3 is 5.32 Å². The van der Waals surface area contributed by atoms with Crippen molar-refractivity contribution in [3.05, 3.63) is 0 Å². The number of aliphatic imine (C=N–C) groups is 1. The quantitative estimate of drug-likeness (QED) is 0.850. The highest BCUT2D eigenvalue weighted by atomic mass is 32.2. The van der Waals surface area contributed by atoms with Gasteiger partial charge in [0.2, 0.25) is 0 Å². The molecule has 0 aromatic rings. The molecule has 2 aliphatic carbocycles. The van der Waals surface area contributed by atoms with Crippen molar-refractivity contribution in [2.24, 2.45) is 4.99 Å². The second-order valence-electron chi connectivity index (χ2n) is 6.47. The largest absolute Gasteiger partial charge is 0.359 e. The predicted molar refractivity (Wildman–Crippen MR) is 88.4 cm³/mol. The average molecular weight is 299 g/mol. The van der Waals surface area contributed by atoms with E-state index in [1.165, 1.54) is 68.7 Å².